The third-order valence-electron chi connectivity index (χ3n) is 7.70. The Morgan fingerprint density at radius 1 is 0.897 bits per heavy atom. The van der Waals surface area contributed by atoms with Gasteiger partial charge in [-0.25, -0.2) is 4.79 Å². The lowest BCUT2D eigenvalue weighted by Gasteiger charge is -2.17. The van der Waals surface area contributed by atoms with Gasteiger partial charge in [0.05, 0.1) is 6.04 Å². The van der Waals surface area contributed by atoms with Crippen molar-refractivity contribution in [2.24, 2.45) is 0 Å². The summed E-state index contributed by atoms with van der Waals surface area (Å²) in [6, 6.07) is 19.9. The van der Waals surface area contributed by atoms with E-state index in [1.54, 1.807) is 6.07 Å². The number of aryl methyl sites for hydroxylation is 1. The molecular formula is C33H38N2O4. The molecule has 204 valence electrons. The molecule has 2 atom stereocenters. The van der Waals surface area contributed by atoms with Crippen LogP contribution in [-0.4, -0.2) is 27.7 Å². The van der Waals surface area contributed by atoms with Gasteiger partial charge in [-0.15, -0.1) is 0 Å². The van der Waals surface area contributed by atoms with Crippen molar-refractivity contribution in [1.82, 2.24) is 9.88 Å². The molecule has 1 heterocycles. The minimum absolute atomic E-state index is 0.0996. The lowest BCUT2D eigenvalue weighted by atomic mass is 9.98. The van der Waals surface area contributed by atoms with E-state index in [0.29, 0.717) is 23.8 Å². The van der Waals surface area contributed by atoms with Crippen LogP contribution in [0.1, 0.15) is 83.5 Å². The molecular weight excluding hydrogens is 488 g/mol. The Bertz CT molecular complexity index is 1530. The molecule has 0 fully saturated rings. The van der Waals surface area contributed by atoms with E-state index in [0.717, 1.165) is 38.9 Å². The largest absolute Gasteiger partial charge is 0.479 e. The number of rotatable bonds is 9. The van der Waals surface area contributed by atoms with E-state index in [4.69, 9.17) is 4.74 Å². The number of nitrogens with one attached hydrogen (secondary N) is 1. The van der Waals surface area contributed by atoms with E-state index in [2.05, 4.69) is 55.8 Å². The topological polar surface area (TPSA) is 80.6 Å². The molecule has 0 aliphatic carbocycles. The quantitative estimate of drug-likeness (QED) is 0.244. The van der Waals surface area contributed by atoms with E-state index in [1.165, 1.54) is 12.5 Å². The van der Waals surface area contributed by atoms with Gasteiger partial charge in [0.1, 0.15) is 5.75 Å². The number of carbonyl (C=O) groups excluding carboxylic acids is 1. The maximum absolute atomic E-state index is 13.2. The Balaban J connectivity index is 1.59. The minimum Gasteiger partial charge on any atom is -0.479 e. The molecule has 2 unspecified atom stereocenters. The second kappa shape index (κ2) is 11.4. The Morgan fingerprint density at radius 3 is 2.28 bits per heavy atom. The SMILES string of the molecule is Cc1c(Cn2c(C)c(C)c3cc(C(=O)NC(C)c4cccc(C(C)C)c4)ccc32)cccc1OC(C)C(=O)O. The zero-order valence-electron chi connectivity index (χ0n) is 23.8. The number of amides is 1. The first-order chi connectivity index (χ1) is 18.5. The normalized spacial score (nSPS) is 12.9. The van der Waals surface area contributed by atoms with Crippen molar-refractivity contribution in [2.45, 2.75) is 73.1 Å². The molecule has 1 amide bonds. The zero-order chi connectivity index (χ0) is 28.4. The number of ether oxygens (including phenoxy) is 1. The van der Waals surface area contributed by atoms with E-state index in [-0.39, 0.29) is 11.9 Å². The molecule has 39 heavy (non-hydrogen) atoms. The summed E-state index contributed by atoms with van der Waals surface area (Å²) >= 11 is 0. The molecule has 3 aromatic carbocycles. The fraction of sp³-hybridized carbons (Fsp3) is 0.333. The van der Waals surface area contributed by atoms with Crippen molar-refractivity contribution >= 4 is 22.8 Å². The number of benzene rings is 3. The zero-order valence-corrected chi connectivity index (χ0v) is 23.8. The second-order valence-corrected chi connectivity index (χ2v) is 10.7. The monoisotopic (exact) mass is 526 g/mol. The minimum atomic E-state index is -0.999. The van der Waals surface area contributed by atoms with Gasteiger partial charge in [-0.1, -0.05) is 50.2 Å². The van der Waals surface area contributed by atoms with Crippen molar-refractivity contribution in [3.63, 3.8) is 0 Å². The molecule has 4 aromatic rings. The maximum atomic E-state index is 13.2. The molecule has 0 radical (unpaired) electrons. The summed E-state index contributed by atoms with van der Waals surface area (Å²) < 4.78 is 7.91. The first-order valence-electron chi connectivity index (χ1n) is 13.5. The molecule has 0 aliphatic rings. The first-order valence-corrected chi connectivity index (χ1v) is 13.5. The fourth-order valence-corrected chi connectivity index (χ4v) is 4.92. The fourth-order valence-electron chi connectivity index (χ4n) is 4.92. The van der Waals surface area contributed by atoms with Crippen LogP contribution in [-0.2, 0) is 11.3 Å². The van der Waals surface area contributed by atoms with Crippen LogP contribution in [0.15, 0.2) is 60.7 Å². The Morgan fingerprint density at radius 2 is 1.59 bits per heavy atom. The second-order valence-electron chi connectivity index (χ2n) is 10.7. The number of hydrogen-bond acceptors (Lipinski definition) is 3. The smallest absolute Gasteiger partial charge is 0.344 e. The highest BCUT2D eigenvalue weighted by atomic mass is 16.5. The average molecular weight is 527 g/mol. The van der Waals surface area contributed by atoms with Crippen molar-refractivity contribution in [1.29, 1.82) is 0 Å². The summed E-state index contributed by atoms with van der Waals surface area (Å²) in [6.07, 6.45) is -0.929. The van der Waals surface area contributed by atoms with Crippen LogP contribution in [0.3, 0.4) is 0 Å². The van der Waals surface area contributed by atoms with Crippen molar-refractivity contribution < 1.29 is 19.4 Å². The van der Waals surface area contributed by atoms with E-state index < -0.39 is 12.1 Å². The van der Waals surface area contributed by atoms with Gasteiger partial charge in [0.25, 0.3) is 5.91 Å². The highest BCUT2D eigenvalue weighted by Gasteiger charge is 2.19. The third-order valence-corrected chi connectivity index (χ3v) is 7.70. The lowest BCUT2D eigenvalue weighted by Crippen LogP contribution is -2.26. The summed E-state index contributed by atoms with van der Waals surface area (Å²) in [7, 11) is 0. The standard InChI is InChI=1S/C33H38N2O4/c1-19(2)25-10-8-11-26(16-25)22(5)34-32(36)27-14-15-30-29(17-27)20(3)23(6)35(30)18-28-12-9-13-31(21(28)4)39-24(7)33(37)38/h8-17,19,22,24H,18H2,1-7H3,(H,34,36)(H,37,38). The van der Waals surface area contributed by atoms with Crippen molar-refractivity contribution in [3.8, 4) is 5.75 Å². The van der Waals surface area contributed by atoms with Crippen LogP contribution in [0.2, 0.25) is 0 Å². The number of carboxylic acids is 1. The van der Waals surface area contributed by atoms with Crippen LogP contribution < -0.4 is 10.1 Å². The predicted octanol–water partition coefficient (Wildman–Crippen LogP) is 7.08. The average Bonchev–Trinajstić information content (AvgIpc) is 3.14. The number of carboxylic acid groups (broad SMARTS) is 1. The number of carbonyl (C=O) groups is 2. The van der Waals surface area contributed by atoms with Gasteiger partial charge in [0.2, 0.25) is 0 Å². The highest BCUT2D eigenvalue weighted by molar-refractivity contribution is 5.99. The Labute approximate surface area is 230 Å². The Hall–Kier alpha value is -4.06. The molecule has 6 heteroatoms. The van der Waals surface area contributed by atoms with E-state index in [1.807, 2.05) is 50.2 Å². The van der Waals surface area contributed by atoms with Gasteiger partial charge in [-0.05, 0) is 92.6 Å². The van der Waals surface area contributed by atoms with Crippen LogP contribution in [0.4, 0.5) is 0 Å². The molecule has 0 saturated carbocycles. The van der Waals surface area contributed by atoms with Crippen molar-refractivity contribution in [2.75, 3.05) is 0 Å². The highest BCUT2D eigenvalue weighted by Crippen LogP contribution is 2.30. The number of nitrogens with zero attached hydrogens (tertiary/aromatic N) is 1. The van der Waals surface area contributed by atoms with E-state index in [9.17, 15) is 14.7 Å². The summed E-state index contributed by atoms with van der Waals surface area (Å²) in [4.78, 5) is 24.5. The van der Waals surface area contributed by atoms with Gasteiger partial charge < -0.3 is 19.7 Å². The maximum Gasteiger partial charge on any atom is 0.344 e. The molecule has 0 bridgehead atoms. The number of hydrogen-bond donors (Lipinski definition) is 2. The molecule has 4 rings (SSSR count). The number of fused-ring (bicyclic) bond motifs is 1. The first kappa shape index (κ1) is 28.0. The summed E-state index contributed by atoms with van der Waals surface area (Å²) in [5.74, 6) is -0.101. The van der Waals surface area contributed by atoms with Crippen LogP contribution in [0, 0.1) is 20.8 Å². The van der Waals surface area contributed by atoms with Gasteiger partial charge in [-0.3, -0.25) is 4.79 Å². The predicted molar refractivity (Wildman–Crippen MR) is 156 cm³/mol. The molecule has 0 spiro atoms. The number of aliphatic carboxylic acids is 1. The molecule has 6 nitrogen and oxygen atoms in total. The molecule has 0 saturated heterocycles. The van der Waals surface area contributed by atoms with Gasteiger partial charge in [0.15, 0.2) is 6.10 Å². The summed E-state index contributed by atoms with van der Waals surface area (Å²) in [6.45, 7) is 14.6. The van der Waals surface area contributed by atoms with Crippen molar-refractivity contribution in [3.05, 3.63) is 99.7 Å². The summed E-state index contributed by atoms with van der Waals surface area (Å²) in [5, 5.41) is 13.4. The van der Waals surface area contributed by atoms with Gasteiger partial charge in [-0.2, -0.15) is 0 Å². The van der Waals surface area contributed by atoms with E-state index >= 15 is 0 Å². The Kier molecular flexibility index (Phi) is 8.14. The van der Waals surface area contributed by atoms with Crippen LogP contribution >= 0.6 is 0 Å². The molecule has 0 aliphatic heterocycles. The third kappa shape index (κ3) is 5.85. The van der Waals surface area contributed by atoms with Crippen LogP contribution in [0.25, 0.3) is 10.9 Å². The van der Waals surface area contributed by atoms with Gasteiger partial charge in [0, 0.05) is 28.7 Å². The summed E-state index contributed by atoms with van der Waals surface area (Å²) in [5.41, 5.74) is 8.22. The number of aromatic nitrogens is 1. The van der Waals surface area contributed by atoms with Crippen LogP contribution in [0.5, 0.6) is 5.75 Å². The lowest BCUT2D eigenvalue weighted by molar-refractivity contribution is -0.144. The van der Waals surface area contributed by atoms with Gasteiger partial charge >= 0.3 is 5.97 Å². The molecule has 2 N–H and O–H groups in total. The molecule has 1 aromatic heterocycles.